The summed E-state index contributed by atoms with van der Waals surface area (Å²) < 4.78 is 0. The van der Waals surface area contributed by atoms with Crippen LogP contribution >= 0.6 is 23.1 Å². The van der Waals surface area contributed by atoms with E-state index in [0.717, 1.165) is 23.8 Å². The minimum Gasteiger partial charge on any atom is -0.357 e. The van der Waals surface area contributed by atoms with Gasteiger partial charge in [0, 0.05) is 11.9 Å². The van der Waals surface area contributed by atoms with E-state index in [4.69, 9.17) is 5.21 Å². The Bertz CT molecular complexity index is 685. The van der Waals surface area contributed by atoms with Gasteiger partial charge in [0.05, 0.1) is 15.8 Å². The molecule has 22 heavy (non-hydrogen) atoms. The lowest BCUT2D eigenvalue weighted by Gasteiger charge is -2.06. The number of hydroxylamine groups is 1. The Balaban J connectivity index is 1.57. The molecule has 0 radical (unpaired) electrons. The number of rotatable bonds is 5. The van der Waals surface area contributed by atoms with Crippen molar-refractivity contribution in [2.75, 3.05) is 5.32 Å². The lowest BCUT2D eigenvalue weighted by atomic mass is 10.2. The minimum absolute atomic E-state index is 0.135. The first-order valence-electron chi connectivity index (χ1n) is 6.80. The van der Waals surface area contributed by atoms with Gasteiger partial charge in [-0.1, -0.05) is 36.4 Å². The Morgan fingerprint density at radius 1 is 1.36 bits per heavy atom. The third-order valence-electron chi connectivity index (χ3n) is 3.25. The molecule has 0 bridgehead atoms. The van der Waals surface area contributed by atoms with Gasteiger partial charge in [-0.3, -0.25) is 10.0 Å². The van der Waals surface area contributed by atoms with Gasteiger partial charge in [-0.05, 0) is 12.0 Å². The van der Waals surface area contributed by atoms with Crippen molar-refractivity contribution in [1.82, 2.24) is 10.5 Å². The fourth-order valence-electron chi connectivity index (χ4n) is 2.13. The SMILES string of the molecule is O=C(NO)C1=CCC(c2csc(NCc3ccccc3)n2)S1. The van der Waals surface area contributed by atoms with Gasteiger partial charge in [-0.2, -0.15) is 0 Å². The Morgan fingerprint density at radius 3 is 2.95 bits per heavy atom. The average molecular weight is 333 g/mol. The molecule has 7 heteroatoms. The van der Waals surface area contributed by atoms with Crippen molar-refractivity contribution in [3.63, 3.8) is 0 Å². The van der Waals surface area contributed by atoms with Crippen LogP contribution in [0, 0.1) is 0 Å². The number of benzene rings is 1. The monoisotopic (exact) mass is 333 g/mol. The van der Waals surface area contributed by atoms with E-state index in [2.05, 4.69) is 22.4 Å². The van der Waals surface area contributed by atoms with E-state index < -0.39 is 5.91 Å². The predicted molar refractivity (Wildman–Crippen MR) is 88.8 cm³/mol. The van der Waals surface area contributed by atoms with Gasteiger partial charge in [0.25, 0.3) is 5.91 Å². The van der Waals surface area contributed by atoms with Crippen LogP contribution < -0.4 is 10.8 Å². The summed E-state index contributed by atoms with van der Waals surface area (Å²) in [6, 6.07) is 10.2. The van der Waals surface area contributed by atoms with Gasteiger partial charge in [0.1, 0.15) is 0 Å². The molecule has 3 N–H and O–H groups in total. The van der Waals surface area contributed by atoms with Crippen molar-refractivity contribution in [3.05, 3.63) is 58.0 Å². The van der Waals surface area contributed by atoms with Gasteiger partial charge in [-0.15, -0.1) is 23.1 Å². The average Bonchev–Trinajstić information content (AvgIpc) is 3.22. The fourth-order valence-corrected chi connectivity index (χ4v) is 4.07. The smallest absolute Gasteiger partial charge is 0.280 e. The molecule has 2 heterocycles. The van der Waals surface area contributed by atoms with Gasteiger partial charge < -0.3 is 5.32 Å². The fraction of sp³-hybridized carbons (Fsp3) is 0.200. The summed E-state index contributed by atoms with van der Waals surface area (Å²) in [5.74, 6) is -0.454. The molecule has 1 aromatic carbocycles. The topological polar surface area (TPSA) is 74.2 Å². The Labute approximate surface area is 136 Å². The molecule has 0 saturated carbocycles. The maximum Gasteiger partial charge on any atom is 0.280 e. The van der Waals surface area contributed by atoms with Crippen LogP contribution in [-0.2, 0) is 11.3 Å². The third-order valence-corrected chi connectivity index (χ3v) is 5.39. The van der Waals surface area contributed by atoms with Crippen molar-refractivity contribution in [1.29, 1.82) is 0 Å². The van der Waals surface area contributed by atoms with E-state index in [1.54, 1.807) is 16.8 Å². The number of thioether (sulfide) groups is 1. The Morgan fingerprint density at radius 2 is 2.18 bits per heavy atom. The van der Waals surface area contributed by atoms with Gasteiger partial charge in [-0.25, -0.2) is 10.5 Å². The molecule has 1 amide bonds. The number of nitrogens with zero attached hydrogens (tertiary/aromatic N) is 1. The highest BCUT2D eigenvalue weighted by Gasteiger charge is 2.25. The number of thiazole rings is 1. The third kappa shape index (κ3) is 3.49. The molecule has 1 unspecified atom stereocenters. The number of anilines is 1. The summed E-state index contributed by atoms with van der Waals surface area (Å²) in [6.45, 7) is 0.738. The second-order valence-electron chi connectivity index (χ2n) is 4.77. The zero-order valence-electron chi connectivity index (χ0n) is 11.7. The first-order chi connectivity index (χ1) is 10.8. The highest BCUT2D eigenvalue weighted by Crippen LogP contribution is 2.44. The Hall–Kier alpha value is -1.83. The van der Waals surface area contributed by atoms with E-state index in [9.17, 15) is 4.79 Å². The zero-order chi connectivity index (χ0) is 15.4. The molecule has 1 aliphatic rings. The molecule has 2 aromatic rings. The predicted octanol–water partition coefficient (Wildman–Crippen LogP) is 3.32. The summed E-state index contributed by atoms with van der Waals surface area (Å²) in [5, 5.41) is 15.0. The first-order valence-corrected chi connectivity index (χ1v) is 8.56. The van der Waals surface area contributed by atoms with Gasteiger partial charge in [0.15, 0.2) is 5.13 Å². The molecule has 3 rings (SSSR count). The lowest BCUT2D eigenvalue weighted by Crippen LogP contribution is -2.18. The molecule has 0 saturated heterocycles. The normalized spacial score (nSPS) is 17.1. The van der Waals surface area contributed by atoms with Crippen LogP contribution in [0.25, 0.3) is 0 Å². The summed E-state index contributed by atoms with van der Waals surface area (Å²) in [5.41, 5.74) is 3.83. The minimum atomic E-state index is -0.454. The number of aromatic nitrogens is 1. The number of amides is 1. The van der Waals surface area contributed by atoms with Crippen molar-refractivity contribution in [2.45, 2.75) is 18.2 Å². The highest BCUT2D eigenvalue weighted by atomic mass is 32.2. The number of hydrogen-bond donors (Lipinski definition) is 3. The maximum atomic E-state index is 11.4. The van der Waals surface area contributed by atoms with Crippen molar-refractivity contribution in [2.24, 2.45) is 0 Å². The summed E-state index contributed by atoms with van der Waals surface area (Å²) in [7, 11) is 0. The quantitative estimate of drug-likeness (QED) is 0.578. The molecule has 0 aliphatic carbocycles. The van der Waals surface area contributed by atoms with Crippen molar-refractivity contribution >= 4 is 34.1 Å². The van der Waals surface area contributed by atoms with Crippen LogP contribution in [0.1, 0.15) is 22.9 Å². The largest absolute Gasteiger partial charge is 0.357 e. The summed E-state index contributed by atoms with van der Waals surface area (Å²) >= 11 is 2.99. The van der Waals surface area contributed by atoms with E-state index in [1.807, 2.05) is 29.7 Å². The second-order valence-corrected chi connectivity index (χ2v) is 6.87. The van der Waals surface area contributed by atoms with Crippen LogP contribution in [0.3, 0.4) is 0 Å². The molecule has 0 fully saturated rings. The van der Waals surface area contributed by atoms with E-state index in [1.165, 1.54) is 17.3 Å². The van der Waals surface area contributed by atoms with Gasteiger partial charge in [0.2, 0.25) is 0 Å². The van der Waals surface area contributed by atoms with Crippen molar-refractivity contribution < 1.29 is 10.0 Å². The molecule has 1 atom stereocenters. The van der Waals surface area contributed by atoms with E-state index in [-0.39, 0.29) is 5.25 Å². The Kier molecular flexibility index (Phi) is 4.77. The number of carbonyl (C=O) groups is 1. The van der Waals surface area contributed by atoms with E-state index >= 15 is 0 Å². The van der Waals surface area contributed by atoms with Crippen LogP contribution in [0.2, 0.25) is 0 Å². The van der Waals surface area contributed by atoms with Gasteiger partial charge >= 0.3 is 0 Å². The lowest BCUT2D eigenvalue weighted by molar-refractivity contribution is -0.124. The molecular weight excluding hydrogens is 318 g/mol. The van der Waals surface area contributed by atoms with Crippen LogP contribution in [0.5, 0.6) is 0 Å². The second kappa shape index (κ2) is 6.95. The summed E-state index contributed by atoms with van der Waals surface area (Å²) in [4.78, 5) is 16.5. The first kappa shape index (κ1) is 15.1. The highest BCUT2D eigenvalue weighted by molar-refractivity contribution is 8.04. The molecule has 1 aromatic heterocycles. The van der Waals surface area contributed by atoms with Crippen LogP contribution in [-0.4, -0.2) is 16.1 Å². The number of carbonyl (C=O) groups excluding carboxylic acids is 1. The maximum absolute atomic E-state index is 11.4. The zero-order valence-corrected chi connectivity index (χ0v) is 13.3. The standard InChI is InChI=1S/C15H15N3O2S2/c19-14(18-20)13-7-6-12(22-13)11-9-21-15(17-11)16-8-10-4-2-1-3-5-10/h1-5,7,9,12,20H,6,8H2,(H,16,17)(H,18,19). The molecule has 114 valence electrons. The van der Waals surface area contributed by atoms with Crippen LogP contribution in [0.15, 0.2) is 46.7 Å². The van der Waals surface area contributed by atoms with E-state index in [0.29, 0.717) is 4.91 Å². The molecule has 1 aliphatic heterocycles. The molecule has 5 nitrogen and oxygen atoms in total. The molecule has 0 spiro atoms. The molecular formula is C15H15N3O2S2. The number of hydrogen-bond acceptors (Lipinski definition) is 6. The number of nitrogens with one attached hydrogen (secondary N) is 2. The number of allylic oxidation sites excluding steroid dienone is 1. The summed E-state index contributed by atoms with van der Waals surface area (Å²) in [6.07, 6.45) is 2.58. The van der Waals surface area contributed by atoms with Crippen molar-refractivity contribution in [3.8, 4) is 0 Å². The van der Waals surface area contributed by atoms with Crippen LogP contribution in [0.4, 0.5) is 5.13 Å².